The molecule has 0 aliphatic heterocycles. The third kappa shape index (κ3) is 6.20. The lowest BCUT2D eigenvalue weighted by molar-refractivity contribution is -0.147. The van der Waals surface area contributed by atoms with E-state index in [1.807, 2.05) is 0 Å². The summed E-state index contributed by atoms with van der Waals surface area (Å²) in [5.41, 5.74) is 0. The van der Waals surface area contributed by atoms with Crippen LogP contribution in [0.2, 0.25) is 0 Å². The zero-order valence-corrected chi connectivity index (χ0v) is 10.7. The minimum Gasteiger partial charge on any atom is -0.456 e. The summed E-state index contributed by atoms with van der Waals surface area (Å²) in [6.07, 6.45) is 0.00985. The Labute approximate surface area is 109 Å². The van der Waals surface area contributed by atoms with Crippen LogP contribution in [0.4, 0.5) is 5.82 Å². The van der Waals surface area contributed by atoms with Crippen molar-refractivity contribution in [3.8, 4) is 0 Å². The number of carbonyl (C=O) groups is 3. The van der Waals surface area contributed by atoms with Gasteiger partial charge in [-0.05, 0) is 6.92 Å². The number of aryl methyl sites for hydroxylation is 1. The first-order chi connectivity index (χ1) is 8.97. The van der Waals surface area contributed by atoms with Gasteiger partial charge in [-0.15, -0.1) is 0 Å². The van der Waals surface area contributed by atoms with Gasteiger partial charge in [0, 0.05) is 19.5 Å². The minimum absolute atomic E-state index is 0.00985. The second-order valence-electron chi connectivity index (χ2n) is 3.76. The van der Waals surface area contributed by atoms with E-state index >= 15 is 0 Å². The molecule has 0 fully saturated rings. The number of aromatic nitrogens is 1. The fourth-order valence-electron chi connectivity index (χ4n) is 1.16. The van der Waals surface area contributed by atoms with Crippen LogP contribution in [0.3, 0.4) is 0 Å². The van der Waals surface area contributed by atoms with Crippen LogP contribution in [0.25, 0.3) is 0 Å². The lowest BCUT2D eigenvalue weighted by Gasteiger charge is -2.04. The molecule has 0 radical (unpaired) electrons. The van der Waals surface area contributed by atoms with Crippen LogP contribution in [0, 0.1) is 6.92 Å². The first kappa shape index (κ1) is 14.7. The highest BCUT2D eigenvalue weighted by Gasteiger charge is 2.09. The molecule has 8 heteroatoms. The van der Waals surface area contributed by atoms with E-state index in [1.54, 1.807) is 6.92 Å². The Morgan fingerprint density at radius 2 is 2.16 bits per heavy atom. The minimum atomic E-state index is -0.569. The normalized spacial score (nSPS) is 9.79. The predicted octanol–water partition coefficient (Wildman–Crippen LogP) is -0.00908. The number of ether oxygens (including phenoxy) is 1. The summed E-state index contributed by atoms with van der Waals surface area (Å²) in [5.74, 6) is -0.493. The molecule has 2 N–H and O–H groups in total. The maximum absolute atomic E-state index is 11.4. The number of rotatable bonds is 6. The van der Waals surface area contributed by atoms with Crippen LogP contribution < -0.4 is 10.6 Å². The molecule has 0 saturated heterocycles. The largest absolute Gasteiger partial charge is 0.456 e. The van der Waals surface area contributed by atoms with E-state index in [-0.39, 0.29) is 24.7 Å². The van der Waals surface area contributed by atoms with Crippen molar-refractivity contribution >= 4 is 23.6 Å². The monoisotopic (exact) mass is 269 g/mol. The Morgan fingerprint density at radius 1 is 1.42 bits per heavy atom. The highest BCUT2D eigenvalue weighted by atomic mass is 16.5. The van der Waals surface area contributed by atoms with E-state index < -0.39 is 18.5 Å². The number of esters is 1. The molecule has 0 bridgehead atoms. The van der Waals surface area contributed by atoms with Crippen LogP contribution in [0.1, 0.15) is 19.1 Å². The Morgan fingerprint density at radius 3 is 2.74 bits per heavy atom. The molecule has 2 amide bonds. The molecule has 0 saturated carbocycles. The van der Waals surface area contributed by atoms with Crippen molar-refractivity contribution in [1.29, 1.82) is 0 Å². The van der Waals surface area contributed by atoms with Crippen LogP contribution >= 0.6 is 0 Å². The zero-order chi connectivity index (χ0) is 14.3. The second-order valence-corrected chi connectivity index (χ2v) is 3.76. The van der Waals surface area contributed by atoms with Crippen molar-refractivity contribution in [3.05, 3.63) is 11.8 Å². The molecule has 104 valence electrons. The highest BCUT2D eigenvalue weighted by molar-refractivity contribution is 5.91. The molecular formula is C11H15N3O5. The number of hydrogen-bond donors (Lipinski definition) is 2. The Hall–Kier alpha value is -2.38. The molecule has 0 atom stereocenters. The van der Waals surface area contributed by atoms with Gasteiger partial charge in [0.2, 0.25) is 5.91 Å². The van der Waals surface area contributed by atoms with Gasteiger partial charge in [0.05, 0.1) is 6.42 Å². The van der Waals surface area contributed by atoms with E-state index in [2.05, 4.69) is 15.8 Å². The standard InChI is InChI=1S/C11H15N3O5/c1-7-5-9(14-19-7)13-10(16)6-18-11(17)3-4-12-8(2)15/h5H,3-4,6H2,1-2H3,(H,12,15)(H,13,14,16). The summed E-state index contributed by atoms with van der Waals surface area (Å²) in [5, 5.41) is 8.40. The van der Waals surface area contributed by atoms with E-state index in [0.717, 1.165) is 0 Å². The molecule has 1 aromatic rings. The molecule has 0 aliphatic carbocycles. The average molecular weight is 269 g/mol. The number of hydrogen-bond acceptors (Lipinski definition) is 6. The van der Waals surface area contributed by atoms with Crippen LogP contribution in [0.15, 0.2) is 10.6 Å². The van der Waals surface area contributed by atoms with Gasteiger partial charge in [-0.25, -0.2) is 0 Å². The number of anilines is 1. The molecule has 1 aromatic heterocycles. The SMILES string of the molecule is CC(=O)NCCC(=O)OCC(=O)Nc1cc(C)on1. The van der Waals surface area contributed by atoms with Gasteiger partial charge in [-0.2, -0.15) is 0 Å². The lowest BCUT2D eigenvalue weighted by atomic mass is 10.4. The molecular weight excluding hydrogens is 254 g/mol. The Balaban J connectivity index is 2.19. The van der Waals surface area contributed by atoms with Gasteiger partial charge in [-0.3, -0.25) is 14.4 Å². The van der Waals surface area contributed by atoms with Crippen molar-refractivity contribution in [2.45, 2.75) is 20.3 Å². The summed E-state index contributed by atoms with van der Waals surface area (Å²) in [4.78, 5) is 33.1. The van der Waals surface area contributed by atoms with Gasteiger partial charge in [0.25, 0.3) is 5.91 Å². The summed E-state index contributed by atoms with van der Waals surface area (Å²) in [6.45, 7) is 2.80. The van der Waals surface area contributed by atoms with E-state index in [1.165, 1.54) is 13.0 Å². The van der Waals surface area contributed by atoms with Gasteiger partial charge in [0.1, 0.15) is 5.76 Å². The van der Waals surface area contributed by atoms with Crippen molar-refractivity contribution < 1.29 is 23.6 Å². The topological polar surface area (TPSA) is 111 Å². The van der Waals surface area contributed by atoms with Crippen molar-refractivity contribution in [3.63, 3.8) is 0 Å². The van der Waals surface area contributed by atoms with Crippen LogP contribution in [-0.2, 0) is 19.1 Å². The number of carbonyl (C=O) groups excluding carboxylic acids is 3. The van der Waals surface area contributed by atoms with Crippen molar-refractivity contribution in [1.82, 2.24) is 10.5 Å². The van der Waals surface area contributed by atoms with Gasteiger partial charge in [0.15, 0.2) is 12.4 Å². The van der Waals surface area contributed by atoms with Crippen molar-refractivity contribution in [2.75, 3.05) is 18.5 Å². The number of amides is 2. The van der Waals surface area contributed by atoms with Gasteiger partial charge < -0.3 is 19.9 Å². The average Bonchev–Trinajstić information content (AvgIpc) is 2.71. The summed E-state index contributed by atoms with van der Waals surface area (Å²) in [6, 6.07) is 1.54. The lowest BCUT2D eigenvalue weighted by Crippen LogP contribution is -2.25. The third-order valence-electron chi connectivity index (χ3n) is 1.96. The van der Waals surface area contributed by atoms with Crippen LogP contribution in [-0.4, -0.2) is 36.1 Å². The number of nitrogens with one attached hydrogen (secondary N) is 2. The molecule has 19 heavy (non-hydrogen) atoms. The summed E-state index contributed by atoms with van der Waals surface area (Å²) in [7, 11) is 0. The van der Waals surface area contributed by atoms with E-state index in [4.69, 9.17) is 9.26 Å². The second kappa shape index (κ2) is 7.14. The Bertz CT molecular complexity index is 469. The first-order valence-corrected chi connectivity index (χ1v) is 5.60. The molecule has 8 nitrogen and oxygen atoms in total. The van der Waals surface area contributed by atoms with E-state index in [9.17, 15) is 14.4 Å². The zero-order valence-electron chi connectivity index (χ0n) is 10.7. The third-order valence-corrected chi connectivity index (χ3v) is 1.96. The summed E-state index contributed by atoms with van der Waals surface area (Å²) >= 11 is 0. The molecule has 0 spiro atoms. The fraction of sp³-hybridized carbons (Fsp3) is 0.455. The summed E-state index contributed by atoms with van der Waals surface area (Å²) < 4.78 is 9.46. The first-order valence-electron chi connectivity index (χ1n) is 5.60. The maximum Gasteiger partial charge on any atom is 0.308 e. The smallest absolute Gasteiger partial charge is 0.308 e. The number of nitrogens with zero attached hydrogens (tertiary/aromatic N) is 1. The molecule has 1 rings (SSSR count). The quantitative estimate of drug-likeness (QED) is 0.703. The van der Waals surface area contributed by atoms with E-state index in [0.29, 0.717) is 5.76 Å². The predicted molar refractivity (Wildman–Crippen MR) is 64.1 cm³/mol. The Kier molecular flexibility index (Phi) is 5.52. The van der Waals surface area contributed by atoms with Gasteiger partial charge in [-0.1, -0.05) is 5.16 Å². The molecule has 1 heterocycles. The van der Waals surface area contributed by atoms with Gasteiger partial charge >= 0.3 is 5.97 Å². The molecule has 0 unspecified atom stereocenters. The highest BCUT2D eigenvalue weighted by Crippen LogP contribution is 2.06. The maximum atomic E-state index is 11.4. The van der Waals surface area contributed by atoms with Crippen molar-refractivity contribution in [2.24, 2.45) is 0 Å². The van der Waals surface area contributed by atoms with Crippen LogP contribution in [0.5, 0.6) is 0 Å². The fourth-order valence-corrected chi connectivity index (χ4v) is 1.16. The molecule has 0 aromatic carbocycles. The molecule has 0 aliphatic rings.